The van der Waals surface area contributed by atoms with Crippen molar-refractivity contribution in [3.63, 3.8) is 0 Å². The third kappa shape index (κ3) is 2.18. The molecule has 4 heteroatoms. The van der Waals surface area contributed by atoms with Gasteiger partial charge >= 0.3 is 0 Å². The first kappa shape index (κ1) is 11.3. The summed E-state index contributed by atoms with van der Waals surface area (Å²) in [5, 5.41) is 1.79. The van der Waals surface area contributed by atoms with Crippen molar-refractivity contribution < 1.29 is 9.88 Å². The molecule has 0 N–H and O–H groups in total. The van der Waals surface area contributed by atoms with E-state index in [4.69, 9.17) is 4.99 Å². The summed E-state index contributed by atoms with van der Waals surface area (Å²) in [6.45, 7) is 0.894. The van der Waals surface area contributed by atoms with Gasteiger partial charge in [0.05, 0.1) is 12.8 Å². The van der Waals surface area contributed by atoms with Crippen LogP contribution < -0.4 is 5.06 Å². The monoisotopic (exact) mass is 215 g/mol. The van der Waals surface area contributed by atoms with Crippen LogP contribution in [-0.2, 0) is 16.3 Å². The van der Waals surface area contributed by atoms with Gasteiger partial charge in [-0.2, -0.15) is 0 Å². The van der Waals surface area contributed by atoms with Crippen LogP contribution in [0.15, 0.2) is 24.3 Å². The number of aryl methyl sites for hydroxylation is 1. The van der Waals surface area contributed by atoms with Gasteiger partial charge in [-0.25, -0.2) is 9.95 Å². The molecule has 0 bridgehead atoms. The fraction of sp³-hybridized carbons (Fsp3) is 0.400. The maximum absolute atomic E-state index is 5.04. The highest BCUT2D eigenvalue weighted by Crippen LogP contribution is 2.26. The van der Waals surface area contributed by atoms with Gasteiger partial charge in [0.2, 0.25) is 0 Å². The van der Waals surface area contributed by atoms with E-state index in [-0.39, 0.29) is 12.4 Å². The minimum atomic E-state index is 0. The fourth-order valence-electron chi connectivity index (χ4n) is 1.67. The molecule has 1 heterocycles. The van der Waals surface area contributed by atoms with Crippen LogP contribution in [0, 0.1) is 0 Å². The smallest absolute Gasteiger partial charge is 0.0738 e. The Labute approximate surface area is 89.9 Å². The standard InChI is InChI=1S/C10H13NO2.ClH/c1-12-13-11-8-4-6-9-5-2-3-7-10(9)11;/h2-3,5,7H,4,6,8H2,1H3;1H. The molecule has 0 atom stereocenters. The van der Waals surface area contributed by atoms with Gasteiger partial charge in [-0.3, -0.25) is 0 Å². The van der Waals surface area contributed by atoms with Crippen molar-refractivity contribution in [3.05, 3.63) is 29.8 Å². The molecular formula is C10H14ClNO2. The molecule has 14 heavy (non-hydrogen) atoms. The van der Waals surface area contributed by atoms with Crippen molar-refractivity contribution in [1.82, 2.24) is 0 Å². The van der Waals surface area contributed by atoms with Crippen molar-refractivity contribution in [3.8, 4) is 0 Å². The summed E-state index contributed by atoms with van der Waals surface area (Å²) in [6.07, 6.45) is 2.24. The number of para-hydroxylation sites is 1. The molecule has 0 aliphatic carbocycles. The van der Waals surface area contributed by atoms with E-state index < -0.39 is 0 Å². The molecule has 2 rings (SSSR count). The predicted octanol–water partition coefficient (Wildman–Crippen LogP) is 2.35. The molecule has 78 valence electrons. The molecule has 0 saturated carbocycles. The summed E-state index contributed by atoms with van der Waals surface area (Å²) in [6, 6.07) is 8.24. The number of rotatable bonds is 2. The zero-order valence-electron chi connectivity index (χ0n) is 8.10. The third-order valence-corrected chi connectivity index (χ3v) is 2.23. The Bertz CT molecular complexity index is 293. The first-order chi connectivity index (χ1) is 6.42. The maximum Gasteiger partial charge on any atom is 0.0738 e. The number of anilines is 1. The quantitative estimate of drug-likeness (QED) is 0.559. The van der Waals surface area contributed by atoms with Gasteiger partial charge in [-0.1, -0.05) is 18.2 Å². The minimum Gasteiger partial charge on any atom is -0.222 e. The van der Waals surface area contributed by atoms with Gasteiger partial charge in [0, 0.05) is 6.54 Å². The topological polar surface area (TPSA) is 21.7 Å². The molecule has 0 spiro atoms. The Kier molecular flexibility index (Phi) is 4.20. The van der Waals surface area contributed by atoms with E-state index in [2.05, 4.69) is 17.0 Å². The Morgan fingerprint density at radius 3 is 2.86 bits per heavy atom. The van der Waals surface area contributed by atoms with E-state index in [1.165, 1.54) is 12.7 Å². The molecule has 1 aromatic carbocycles. The summed E-state index contributed by atoms with van der Waals surface area (Å²) in [5.41, 5.74) is 2.45. The van der Waals surface area contributed by atoms with Crippen LogP contribution in [0.25, 0.3) is 0 Å². The van der Waals surface area contributed by atoms with E-state index in [0.717, 1.165) is 25.1 Å². The number of hydrogen-bond acceptors (Lipinski definition) is 3. The Balaban J connectivity index is 0.000000980. The zero-order valence-corrected chi connectivity index (χ0v) is 8.92. The van der Waals surface area contributed by atoms with E-state index in [9.17, 15) is 0 Å². The average Bonchev–Trinajstić information content (AvgIpc) is 2.19. The van der Waals surface area contributed by atoms with E-state index in [1.54, 1.807) is 5.06 Å². The van der Waals surface area contributed by atoms with Gasteiger partial charge < -0.3 is 0 Å². The lowest BCUT2D eigenvalue weighted by atomic mass is 10.0. The average molecular weight is 216 g/mol. The number of benzene rings is 1. The first-order valence-corrected chi connectivity index (χ1v) is 4.48. The predicted molar refractivity (Wildman–Crippen MR) is 57.5 cm³/mol. The lowest BCUT2D eigenvalue weighted by molar-refractivity contribution is -0.283. The van der Waals surface area contributed by atoms with Crippen molar-refractivity contribution in [2.45, 2.75) is 12.8 Å². The van der Waals surface area contributed by atoms with Gasteiger partial charge in [0.15, 0.2) is 0 Å². The number of halogens is 1. The molecular weight excluding hydrogens is 202 g/mol. The van der Waals surface area contributed by atoms with Gasteiger partial charge in [0.1, 0.15) is 0 Å². The van der Waals surface area contributed by atoms with Crippen LogP contribution in [0.5, 0.6) is 0 Å². The highest BCUT2D eigenvalue weighted by molar-refractivity contribution is 5.85. The van der Waals surface area contributed by atoms with Crippen LogP contribution in [-0.4, -0.2) is 13.7 Å². The zero-order chi connectivity index (χ0) is 9.10. The van der Waals surface area contributed by atoms with Crippen LogP contribution in [0.3, 0.4) is 0 Å². The summed E-state index contributed by atoms with van der Waals surface area (Å²) in [7, 11) is 1.53. The van der Waals surface area contributed by atoms with Crippen LogP contribution in [0.4, 0.5) is 5.69 Å². The minimum absolute atomic E-state index is 0. The van der Waals surface area contributed by atoms with Crippen molar-refractivity contribution in [1.29, 1.82) is 0 Å². The molecule has 1 aromatic rings. The van der Waals surface area contributed by atoms with E-state index in [1.807, 2.05) is 12.1 Å². The number of fused-ring (bicyclic) bond motifs is 1. The Hall–Kier alpha value is -0.770. The lowest BCUT2D eigenvalue weighted by Gasteiger charge is -2.27. The van der Waals surface area contributed by atoms with Gasteiger partial charge in [0.25, 0.3) is 0 Å². The molecule has 3 nitrogen and oxygen atoms in total. The highest BCUT2D eigenvalue weighted by atomic mass is 35.5. The third-order valence-electron chi connectivity index (χ3n) is 2.23. The molecule has 0 fully saturated rings. The molecule has 1 aliphatic heterocycles. The Morgan fingerprint density at radius 1 is 1.29 bits per heavy atom. The summed E-state index contributed by atoms with van der Waals surface area (Å²) < 4.78 is 0. The SMILES string of the molecule is COON1CCCc2ccccc21.Cl. The normalized spacial score (nSPS) is 14.5. The fourth-order valence-corrected chi connectivity index (χ4v) is 1.67. The Morgan fingerprint density at radius 2 is 2.07 bits per heavy atom. The second kappa shape index (κ2) is 5.20. The van der Waals surface area contributed by atoms with Crippen molar-refractivity contribution in [2.24, 2.45) is 0 Å². The second-order valence-corrected chi connectivity index (χ2v) is 3.08. The first-order valence-electron chi connectivity index (χ1n) is 4.48. The lowest BCUT2D eigenvalue weighted by Crippen LogP contribution is -2.29. The van der Waals surface area contributed by atoms with Gasteiger partial charge in [-0.15, -0.1) is 17.4 Å². The van der Waals surface area contributed by atoms with Crippen LogP contribution in [0.2, 0.25) is 0 Å². The largest absolute Gasteiger partial charge is 0.222 e. The maximum atomic E-state index is 5.04. The molecule has 0 saturated heterocycles. The number of hydrogen-bond donors (Lipinski definition) is 0. The molecule has 0 amide bonds. The summed E-state index contributed by atoms with van der Waals surface area (Å²) in [5.74, 6) is 0. The molecule has 0 radical (unpaired) electrons. The molecule has 1 aliphatic rings. The highest BCUT2D eigenvalue weighted by Gasteiger charge is 2.16. The molecule has 0 unspecified atom stereocenters. The van der Waals surface area contributed by atoms with E-state index >= 15 is 0 Å². The number of hydroxylamine groups is 1. The summed E-state index contributed by atoms with van der Waals surface area (Å²) in [4.78, 5) is 9.71. The van der Waals surface area contributed by atoms with E-state index in [0.29, 0.717) is 0 Å². The van der Waals surface area contributed by atoms with Crippen molar-refractivity contribution in [2.75, 3.05) is 18.7 Å². The van der Waals surface area contributed by atoms with Gasteiger partial charge in [-0.05, 0) is 24.5 Å². The second-order valence-electron chi connectivity index (χ2n) is 3.08. The summed E-state index contributed by atoms with van der Waals surface area (Å²) >= 11 is 0. The number of nitrogens with zero attached hydrogens (tertiary/aromatic N) is 1. The van der Waals surface area contributed by atoms with Crippen molar-refractivity contribution >= 4 is 18.1 Å². The van der Waals surface area contributed by atoms with Crippen LogP contribution >= 0.6 is 12.4 Å². The van der Waals surface area contributed by atoms with Crippen LogP contribution in [0.1, 0.15) is 12.0 Å². The molecule has 0 aromatic heterocycles.